The van der Waals surface area contributed by atoms with Crippen molar-refractivity contribution in [1.29, 1.82) is 0 Å². The predicted molar refractivity (Wildman–Crippen MR) is 100 cm³/mol. The van der Waals surface area contributed by atoms with E-state index in [9.17, 15) is 9.59 Å². The van der Waals surface area contributed by atoms with Crippen molar-refractivity contribution in [3.8, 4) is 17.2 Å². The Morgan fingerprint density at radius 2 is 1.89 bits per heavy atom. The highest BCUT2D eigenvalue weighted by molar-refractivity contribution is 6.03. The Labute approximate surface area is 155 Å². The molecule has 0 radical (unpaired) electrons. The summed E-state index contributed by atoms with van der Waals surface area (Å²) in [5.41, 5.74) is 1.92. The van der Waals surface area contributed by atoms with Gasteiger partial charge in [0.25, 0.3) is 5.91 Å². The maximum absolute atomic E-state index is 12.2. The Bertz CT molecular complexity index is 938. The van der Waals surface area contributed by atoms with Gasteiger partial charge in [-0.05, 0) is 48.9 Å². The number of ether oxygens (including phenoxy) is 3. The Hall–Kier alpha value is -3.48. The topological polar surface area (TPSA) is 85.9 Å². The summed E-state index contributed by atoms with van der Waals surface area (Å²) in [6.45, 7) is 2.73. The van der Waals surface area contributed by atoms with Crippen LogP contribution in [0.5, 0.6) is 17.2 Å². The molecule has 0 saturated heterocycles. The summed E-state index contributed by atoms with van der Waals surface area (Å²) < 4.78 is 16.5. The summed E-state index contributed by atoms with van der Waals surface area (Å²) in [6.07, 6.45) is 2.59. The van der Waals surface area contributed by atoms with Crippen LogP contribution in [0.1, 0.15) is 12.5 Å². The summed E-state index contributed by atoms with van der Waals surface area (Å²) in [4.78, 5) is 23.9. The summed E-state index contributed by atoms with van der Waals surface area (Å²) in [5, 5.41) is 5.51. The molecule has 2 aromatic rings. The molecule has 0 fully saturated rings. The molecule has 0 saturated carbocycles. The molecule has 138 valence electrons. The first kappa shape index (κ1) is 17.0. The lowest BCUT2D eigenvalue weighted by atomic mass is 10.1. The van der Waals surface area contributed by atoms with E-state index in [0.29, 0.717) is 41.8 Å². The lowest BCUT2D eigenvalue weighted by Gasteiger charge is -2.23. The van der Waals surface area contributed by atoms with Crippen LogP contribution in [0, 0.1) is 0 Å². The summed E-state index contributed by atoms with van der Waals surface area (Å²) in [5.74, 6) is 1.44. The van der Waals surface area contributed by atoms with Crippen LogP contribution in [0.4, 0.5) is 11.4 Å². The fourth-order valence-electron chi connectivity index (χ4n) is 2.81. The molecule has 2 aliphatic heterocycles. The van der Waals surface area contributed by atoms with Gasteiger partial charge in [0.15, 0.2) is 17.6 Å². The number of nitrogens with one attached hydrogen (secondary N) is 2. The number of fused-ring (bicyclic) bond motifs is 2. The third-order valence-corrected chi connectivity index (χ3v) is 4.17. The first-order chi connectivity index (χ1) is 13.1. The molecular formula is C20H18N2O5. The maximum atomic E-state index is 12.2. The molecule has 0 aliphatic carbocycles. The van der Waals surface area contributed by atoms with Crippen LogP contribution in [0.3, 0.4) is 0 Å². The molecule has 0 aromatic heterocycles. The quantitative estimate of drug-likeness (QED) is 0.816. The average Bonchev–Trinajstić information content (AvgIpc) is 2.67. The largest absolute Gasteiger partial charge is 0.486 e. The predicted octanol–water partition coefficient (Wildman–Crippen LogP) is 2.83. The smallest absolute Gasteiger partial charge is 0.265 e. The average molecular weight is 366 g/mol. The molecule has 2 heterocycles. The zero-order valence-electron chi connectivity index (χ0n) is 14.7. The van der Waals surface area contributed by atoms with E-state index >= 15 is 0 Å². The third-order valence-electron chi connectivity index (χ3n) is 4.17. The van der Waals surface area contributed by atoms with Crippen molar-refractivity contribution in [3.63, 3.8) is 0 Å². The highest BCUT2D eigenvalue weighted by atomic mass is 16.6. The molecule has 4 rings (SSSR count). The van der Waals surface area contributed by atoms with E-state index in [1.54, 1.807) is 31.2 Å². The Morgan fingerprint density at radius 3 is 2.74 bits per heavy atom. The van der Waals surface area contributed by atoms with Crippen LogP contribution >= 0.6 is 0 Å². The molecular weight excluding hydrogens is 348 g/mol. The molecule has 0 unspecified atom stereocenters. The van der Waals surface area contributed by atoms with Gasteiger partial charge in [-0.1, -0.05) is 6.07 Å². The minimum atomic E-state index is -0.535. The highest BCUT2D eigenvalue weighted by Gasteiger charge is 2.23. The number of hydrogen-bond donors (Lipinski definition) is 2. The van der Waals surface area contributed by atoms with E-state index in [0.717, 1.165) is 5.56 Å². The van der Waals surface area contributed by atoms with Gasteiger partial charge >= 0.3 is 0 Å². The summed E-state index contributed by atoms with van der Waals surface area (Å²) in [6, 6.07) is 10.6. The van der Waals surface area contributed by atoms with Gasteiger partial charge in [0.2, 0.25) is 5.91 Å². The first-order valence-corrected chi connectivity index (χ1v) is 8.59. The van der Waals surface area contributed by atoms with Gasteiger partial charge in [-0.15, -0.1) is 0 Å². The van der Waals surface area contributed by atoms with E-state index in [-0.39, 0.29) is 11.8 Å². The van der Waals surface area contributed by atoms with Crippen molar-refractivity contribution in [2.45, 2.75) is 13.0 Å². The van der Waals surface area contributed by atoms with Crippen LogP contribution in [0.2, 0.25) is 0 Å². The van der Waals surface area contributed by atoms with E-state index < -0.39 is 6.10 Å². The Morgan fingerprint density at radius 1 is 1.11 bits per heavy atom. The number of carbonyl (C=O) groups is 2. The normalized spacial score (nSPS) is 17.7. The standard InChI is InChI=1S/C20H18N2O5/c1-12-20(24)22-15-11-14(4-6-16(15)27-12)21-19(23)7-3-13-2-5-17-18(10-13)26-9-8-25-17/h2-7,10-12H,8-9H2,1H3,(H,21,23)(H,22,24)/b7-3+/t12-/m0/s1. The number of anilines is 2. The highest BCUT2D eigenvalue weighted by Crippen LogP contribution is 2.32. The van der Waals surface area contributed by atoms with E-state index in [4.69, 9.17) is 14.2 Å². The molecule has 7 heteroatoms. The maximum Gasteiger partial charge on any atom is 0.265 e. The Kier molecular flexibility index (Phi) is 4.42. The van der Waals surface area contributed by atoms with Crippen molar-refractivity contribution in [2.24, 2.45) is 0 Å². The molecule has 2 amide bonds. The molecule has 1 atom stereocenters. The van der Waals surface area contributed by atoms with Crippen molar-refractivity contribution < 1.29 is 23.8 Å². The van der Waals surface area contributed by atoms with Crippen LogP contribution in [-0.4, -0.2) is 31.1 Å². The van der Waals surface area contributed by atoms with Crippen LogP contribution in [0.25, 0.3) is 6.08 Å². The second-order valence-electron chi connectivity index (χ2n) is 6.19. The fourth-order valence-corrected chi connectivity index (χ4v) is 2.81. The third kappa shape index (κ3) is 3.72. The second kappa shape index (κ2) is 7.03. The van der Waals surface area contributed by atoms with Gasteiger partial charge in [0.1, 0.15) is 19.0 Å². The zero-order valence-corrected chi connectivity index (χ0v) is 14.7. The van der Waals surface area contributed by atoms with Crippen LogP contribution < -0.4 is 24.8 Å². The first-order valence-electron chi connectivity index (χ1n) is 8.59. The number of hydrogen-bond acceptors (Lipinski definition) is 5. The van der Waals surface area contributed by atoms with Crippen molar-refractivity contribution in [3.05, 3.63) is 48.0 Å². The van der Waals surface area contributed by atoms with E-state index in [1.165, 1.54) is 6.08 Å². The lowest BCUT2D eigenvalue weighted by molar-refractivity contribution is -0.122. The van der Waals surface area contributed by atoms with Gasteiger partial charge in [-0.2, -0.15) is 0 Å². The number of rotatable bonds is 3. The number of carbonyl (C=O) groups excluding carboxylic acids is 2. The van der Waals surface area contributed by atoms with Gasteiger partial charge in [-0.3, -0.25) is 9.59 Å². The van der Waals surface area contributed by atoms with E-state index in [2.05, 4.69) is 10.6 Å². The fraction of sp³-hybridized carbons (Fsp3) is 0.200. The Balaban J connectivity index is 1.43. The van der Waals surface area contributed by atoms with Crippen molar-refractivity contribution in [2.75, 3.05) is 23.8 Å². The monoisotopic (exact) mass is 366 g/mol. The van der Waals surface area contributed by atoms with Gasteiger partial charge in [-0.25, -0.2) is 0 Å². The van der Waals surface area contributed by atoms with Gasteiger partial charge in [0.05, 0.1) is 5.69 Å². The minimum absolute atomic E-state index is 0.218. The molecule has 2 N–H and O–H groups in total. The zero-order chi connectivity index (χ0) is 18.8. The summed E-state index contributed by atoms with van der Waals surface area (Å²) in [7, 11) is 0. The van der Waals surface area contributed by atoms with Gasteiger partial charge < -0.3 is 24.8 Å². The SMILES string of the molecule is C[C@@H]1Oc2ccc(NC(=O)/C=C/c3ccc4c(c3)OCCO4)cc2NC1=O. The molecule has 0 bridgehead atoms. The molecule has 2 aromatic carbocycles. The molecule has 0 spiro atoms. The lowest BCUT2D eigenvalue weighted by Crippen LogP contribution is -2.34. The summed E-state index contributed by atoms with van der Waals surface area (Å²) >= 11 is 0. The minimum Gasteiger partial charge on any atom is -0.486 e. The number of amides is 2. The number of benzene rings is 2. The van der Waals surface area contributed by atoms with Gasteiger partial charge in [0, 0.05) is 11.8 Å². The van der Waals surface area contributed by atoms with E-state index in [1.807, 2.05) is 18.2 Å². The second-order valence-corrected chi connectivity index (χ2v) is 6.19. The van der Waals surface area contributed by atoms with Crippen LogP contribution in [-0.2, 0) is 9.59 Å². The molecule has 27 heavy (non-hydrogen) atoms. The van der Waals surface area contributed by atoms with Crippen molar-refractivity contribution in [1.82, 2.24) is 0 Å². The van der Waals surface area contributed by atoms with Crippen molar-refractivity contribution >= 4 is 29.3 Å². The molecule has 7 nitrogen and oxygen atoms in total. The molecule has 2 aliphatic rings. The van der Waals surface area contributed by atoms with Crippen LogP contribution in [0.15, 0.2) is 42.5 Å².